The van der Waals surface area contributed by atoms with Crippen molar-refractivity contribution in [1.82, 2.24) is 0 Å². The number of hydrogen-bond donors (Lipinski definition) is 2. The van der Waals surface area contributed by atoms with Crippen LogP contribution in [0, 0.1) is 6.92 Å². The molecule has 0 spiro atoms. The Morgan fingerprint density at radius 1 is 1.21 bits per heavy atom. The van der Waals surface area contributed by atoms with E-state index in [1.54, 1.807) is 0 Å². The van der Waals surface area contributed by atoms with E-state index >= 15 is 0 Å². The molecular weight excluding hydrogens is 256 g/mol. The third kappa shape index (κ3) is 4.34. The molecule has 0 bridgehead atoms. The molecule has 98 valence electrons. The molecule has 0 heterocycles. The van der Waals surface area contributed by atoms with Crippen molar-refractivity contribution >= 4 is 29.0 Å². The number of benzene rings is 2. The van der Waals surface area contributed by atoms with Crippen LogP contribution in [0.4, 0.5) is 11.4 Å². The number of thioether (sulfide) groups is 1. The number of nitrogen functional groups attached to an aromatic ring is 1. The monoisotopic (exact) mass is 272 g/mol. The minimum Gasteiger partial charge on any atom is -0.399 e. The molecule has 19 heavy (non-hydrogen) atoms. The number of hydrogen-bond acceptors (Lipinski definition) is 3. The highest BCUT2D eigenvalue weighted by Gasteiger charge is 2.03. The van der Waals surface area contributed by atoms with Gasteiger partial charge in [-0.2, -0.15) is 0 Å². The molecule has 2 aromatic rings. The Morgan fingerprint density at radius 3 is 2.63 bits per heavy atom. The van der Waals surface area contributed by atoms with Gasteiger partial charge in [-0.15, -0.1) is 11.8 Å². The fourth-order valence-electron chi connectivity index (χ4n) is 1.59. The fourth-order valence-corrected chi connectivity index (χ4v) is 2.35. The SMILES string of the molecule is Cc1ccc(NC(=O)CSc2cccc(N)c2)cc1. The molecular formula is C15H16N2OS. The number of amides is 1. The molecule has 0 unspecified atom stereocenters. The van der Waals surface area contributed by atoms with Gasteiger partial charge in [0.2, 0.25) is 5.91 Å². The summed E-state index contributed by atoms with van der Waals surface area (Å²) < 4.78 is 0. The van der Waals surface area contributed by atoms with Crippen LogP contribution in [-0.2, 0) is 4.79 Å². The van der Waals surface area contributed by atoms with Gasteiger partial charge in [0.05, 0.1) is 5.75 Å². The minimum atomic E-state index is -0.0173. The Balaban J connectivity index is 1.86. The second-order valence-corrected chi connectivity index (χ2v) is 5.32. The van der Waals surface area contributed by atoms with Gasteiger partial charge in [0, 0.05) is 16.3 Å². The molecule has 0 aliphatic carbocycles. The highest BCUT2D eigenvalue weighted by molar-refractivity contribution is 8.00. The summed E-state index contributed by atoms with van der Waals surface area (Å²) in [7, 11) is 0. The molecule has 0 radical (unpaired) electrons. The highest BCUT2D eigenvalue weighted by Crippen LogP contribution is 2.20. The normalized spacial score (nSPS) is 10.2. The van der Waals surface area contributed by atoms with Gasteiger partial charge in [-0.3, -0.25) is 4.79 Å². The third-order valence-electron chi connectivity index (χ3n) is 2.56. The summed E-state index contributed by atoms with van der Waals surface area (Å²) in [5.74, 6) is 0.355. The second kappa shape index (κ2) is 6.29. The molecule has 0 aromatic heterocycles. The van der Waals surface area contributed by atoms with Crippen LogP contribution in [0.15, 0.2) is 53.4 Å². The minimum absolute atomic E-state index is 0.0173. The summed E-state index contributed by atoms with van der Waals surface area (Å²) in [6.07, 6.45) is 0. The predicted molar refractivity (Wildman–Crippen MR) is 81.4 cm³/mol. The van der Waals surface area contributed by atoms with E-state index < -0.39 is 0 Å². The van der Waals surface area contributed by atoms with Crippen molar-refractivity contribution in [3.8, 4) is 0 Å². The standard InChI is InChI=1S/C15H16N2OS/c1-11-5-7-13(8-6-11)17-15(18)10-19-14-4-2-3-12(16)9-14/h2-9H,10,16H2,1H3,(H,17,18). The van der Waals surface area contributed by atoms with Crippen LogP contribution in [-0.4, -0.2) is 11.7 Å². The Morgan fingerprint density at radius 2 is 1.95 bits per heavy atom. The zero-order valence-electron chi connectivity index (χ0n) is 10.7. The molecule has 3 nitrogen and oxygen atoms in total. The number of aryl methyl sites for hydroxylation is 1. The number of nitrogens with one attached hydrogen (secondary N) is 1. The molecule has 3 N–H and O–H groups in total. The lowest BCUT2D eigenvalue weighted by Crippen LogP contribution is -2.13. The molecule has 2 aromatic carbocycles. The van der Waals surface area contributed by atoms with E-state index in [9.17, 15) is 4.79 Å². The fraction of sp³-hybridized carbons (Fsp3) is 0.133. The average Bonchev–Trinajstić information content (AvgIpc) is 2.39. The number of rotatable bonds is 4. The zero-order chi connectivity index (χ0) is 13.7. The van der Waals surface area contributed by atoms with Crippen molar-refractivity contribution in [2.45, 2.75) is 11.8 Å². The second-order valence-electron chi connectivity index (χ2n) is 4.28. The first kappa shape index (κ1) is 13.5. The molecule has 0 saturated carbocycles. The summed E-state index contributed by atoms with van der Waals surface area (Å²) in [5, 5.41) is 2.86. The number of nitrogens with two attached hydrogens (primary N) is 1. The zero-order valence-corrected chi connectivity index (χ0v) is 11.5. The lowest BCUT2D eigenvalue weighted by atomic mass is 10.2. The van der Waals surface area contributed by atoms with Crippen molar-refractivity contribution in [2.24, 2.45) is 0 Å². The predicted octanol–water partition coefficient (Wildman–Crippen LogP) is 3.31. The van der Waals surface area contributed by atoms with Gasteiger partial charge < -0.3 is 11.1 Å². The van der Waals surface area contributed by atoms with Crippen molar-refractivity contribution in [3.05, 3.63) is 54.1 Å². The summed E-state index contributed by atoms with van der Waals surface area (Å²) in [4.78, 5) is 12.8. The number of carbonyl (C=O) groups excluding carboxylic acids is 1. The van der Waals surface area contributed by atoms with Crippen LogP contribution < -0.4 is 11.1 Å². The van der Waals surface area contributed by atoms with Crippen molar-refractivity contribution < 1.29 is 4.79 Å². The average molecular weight is 272 g/mol. The van der Waals surface area contributed by atoms with E-state index in [0.717, 1.165) is 10.6 Å². The van der Waals surface area contributed by atoms with E-state index in [0.29, 0.717) is 11.4 Å². The van der Waals surface area contributed by atoms with Crippen LogP contribution in [0.25, 0.3) is 0 Å². The van der Waals surface area contributed by atoms with Crippen molar-refractivity contribution in [2.75, 3.05) is 16.8 Å². The van der Waals surface area contributed by atoms with E-state index in [1.807, 2.05) is 55.5 Å². The maximum absolute atomic E-state index is 11.8. The summed E-state index contributed by atoms with van der Waals surface area (Å²) >= 11 is 1.47. The maximum Gasteiger partial charge on any atom is 0.234 e. The summed E-state index contributed by atoms with van der Waals surface area (Å²) in [5.41, 5.74) is 8.40. The first-order chi connectivity index (χ1) is 9.13. The van der Waals surface area contributed by atoms with Crippen molar-refractivity contribution in [3.63, 3.8) is 0 Å². The first-order valence-electron chi connectivity index (χ1n) is 5.98. The van der Waals surface area contributed by atoms with E-state index in [2.05, 4.69) is 5.32 Å². The number of anilines is 2. The van der Waals surface area contributed by atoms with Gasteiger partial charge in [-0.25, -0.2) is 0 Å². The molecule has 1 amide bonds. The summed E-state index contributed by atoms with van der Waals surface area (Å²) in [6.45, 7) is 2.02. The topological polar surface area (TPSA) is 55.1 Å². The van der Waals surface area contributed by atoms with Gasteiger partial charge >= 0.3 is 0 Å². The molecule has 4 heteroatoms. The molecule has 0 aliphatic heterocycles. The smallest absolute Gasteiger partial charge is 0.234 e. The van der Waals surface area contributed by atoms with Crippen LogP contribution in [0.2, 0.25) is 0 Å². The molecule has 0 saturated heterocycles. The van der Waals surface area contributed by atoms with Crippen LogP contribution in [0.1, 0.15) is 5.56 Å². The lowest BCUT2D eigenvalue weighted by Gasteiger charge is -2.06. The van der Waals surface area contributed by atoms with E-state index in [1.165, 1.54) is 17.3 Å². The molecule has 0 aliphatic rings. The number of carbonyl (C=O) groups is 1. The van der Waals surface area contributed by atoms with Crippen LogP contribution in [0.5, 0.6) is 0 Å². The first-order valence-corrected chi connectivity index (χ1v) is 6.97. The van der Waals surface area contributed by atoms with E-state index in [-0.39, 0.29) is 5.91 Å². The largest absolute Gasteiger partial charge is 0.399 e. The summed E-state index contributed by atoms with van der Waals surface area (Å²) in [6, 6.07) is 15.3. The Labute approximate surface area is 117 Å². The Kier molecular flexibility index (Phi) is 4.47. The van der Waals surface area contributed by atoms with E-state index in [4.69, 9.17) is 5.73 Å². The van der Waals surface area contributed by atoms with Gasteiger partial charge in [0.25, 0.3) is 0 Å². The molecule has 0 fully saturated rings. The van der Waals surface area contributed by atoms with Crippen LogP contribution in [0.3, 0.4) is 0 Å². The van der Waals surface area contributed by atoms with Crippen LogP contribution >= 0.6 is 11.8 Å². The van der Waals surface area contributed by atoms with Gasteiger partial charge in [0.1, 0.15) is 0 Å². The lowest BCUT2D eigenvalue weighted by molar-refractivity contribution is -0.113. The van der Waals surface area contributed by atoms with Gasteiger partial charge in [0.15, 0.2) is 0 Å². The Bertz CT molecular complexity index is 567. The Hall–Kier alpha value is -1.94. The molecule has 2 rings (SSSR count). The quantitative estimate of drug-likeness (QED) is 0.663. The molecule has 0 atom stereocenters. The third-order valence-corrected chi connectivity index (χ3v) is 3.56. The highest BCUT2D eigenvalue weighted by atomic mass is 32.2. The van der Waals surface area contributed by atoms with Gasteiger partial charge in [-0.1, -0.05) is 23.8 Å². The maximum atomic E-state index is 11.8. The van der Waals surface area contributed by atoms with Crippen molar-refractivity contribution in [1.29, 1.82) is 0 Å². The van der Waals surface area contributed by atoms with Gasteiger partial charge in [-0.05, 0) is 37.3 Å².